The maximum Gasteiger partial charge on any atom is 0.283 e. The van der Waals surface area contributed by atoms with Crippen LogP contribution in [0.25, 0.3) is 0 Å². The molecule has 0 aliphatic rings. The summed E-state index contributed by atoms with van der Waals surface area (Å²) in [4.78, 5) is 17.6. The molecule has 0 atom stereocenters. The van der Waals surface area contributed by atoms with Gasteiger partial charge in [0.1, 0.15) is 4.88 Å². The van der Waals surface area contributed by atoms with E-state index in [9.17, 15) is 4.79 Å². The van der Waals surface area contributed by atoms with Gasteiger partial charge in [-0.05, 0) is 30.4 Å². The van der Waals surface area contributed by atoms with Crippen LogP contribution in [-0.4, -0.2) is 17.1 Å². The first-order chi connectivity index (χ1) is 9.11. The molecule has 5 nitrogen and oxygen atoms in total. The molecule has 0 bridgehead atoms. The van der Waals surface area contributed by atoms with Crippen molar-refractivity contribution in [2.75, 3.05) is 5.73 Å². The van der Waals surface area contributed by atoms with Crippen molar-refractivity contribution in [2.45, 2.75) is 20.3 Å². The third kappa shape index (κ3) is 3.18. The van der Waals surface area contributed by atoms with Gasteiger partial charge in [0, 0.05) is 4.88 Å². The molecule has 7 heteroatoms. The molecule has 3 N–H and O–H groups in total. The van der Waals surface area contributed by atoms with Crippen LogP contribution in [0.4, 0.5) is 5.13 Å². The number of carbonyl (C=O) groups is 1. The van der Waals surface area contributed by atoms with Crippen LogP contribution >= 0.6 is 22.7 Å². The number of thiazole rings is 1. The second-order valence-corrected chi connectivity index (χ2v) is 5.83. The van der Waals surface area contributed by atoms with E-state index in [4.69, 9.17) is 5.73 Å². The Kier molecular flexibility index (Phi) is 4.28. The number of rotatable bonds is 4. The van der Waals surface area contributed by atoms with Crippen molar-refractivity contribution in [1.82, 2.24) is 10.4 Å². The summed E-state index contributed by atoms with van der Waals surface area (Å²) < 4.78 is 0. The van der Waals surface area contributed by atoms with Gasteiger partial charge < -0.3 is 5.73 Å². The minimum Gasteiger partial charge on any atom is -0.375 e. The fourth-order valence-corrected chi connectivity index (χ4v) is 3.10. The molecule has 1 amide bonds. The third-order valence-electron chi connectivity index (χ3n) is 2.50. The van der Waals surface area contributed by atoms with Crippen LogP contribution in [0.15, 0.2) is 16.5 Å². The van der Waals surface area contributed by atoms with E-state index in [-0.39, 0.29) is 5.91 Å². The number of anilines is 1. The Balaban J connectivity index is 2.05. The second-order valence-electron chi connectivity index (χ2n) is 3.85. The third-order valence-corrected chi connectivity index (χ3v) is 4.38. The summed E-state index contributed by atoms with van der Waals surface area (Å²) in [6.07, 6.45) is 2.32. The molecule has 2 heterocycles. The van der Waals surface area contributed by atoms with Crippen molar-refractivity contribution in [1.29, 1.82) is 0 Å². The predicted octanol–water partition coefficient (Wildman–Crippen LogP) is 2.42. The van der Waals surface area contributed by atoms with Crippen LogP contribution in [0.5, 0.6) is 0 Å². The summed E-state index contributed by atoms with van der Waals surface area (Å²) in [6.45, 7) is 3.93. The first-order valence-electron chi connectivity index (χ1n) is 5.74. The fraction of sp³-hybridized carbons (Fsp3) is 0.250. The average molecular weight is 294 g/mol. The van der Waals surface area contributed by atoms with Gasteiger partial charge in [-0.2, -0.15) is 5.10 Å². The van der Waals surface area contributed by atoms with E-state index in [1.165, 1.54) is 11.3 Å². The number of hydrogen-bond donors (Lipinski definition) is 2. The molecule has 0 unspecified atom stereocenters. The van der Waals surface area contributed by atoms with E-state index in [2.05, 4.69) is 15.5 Å². The summed E-state index contributed by atoms with van der Waals surface area (Å²) in [6, 6.07) is 2.01. The Labute approximate surface area is 119 Å². The van der Waals surface area contributed by atoms with Gasteiger partial charge in [0.15, 0.2) is 5.13 Å². The normalized spacial score (nSPS) is 11.1. The highest BCUT2D eigenvalue weighted by molar-refractivity contribution is 7.17. The highest BCUT2D eigenvalue weighted by Crippen LogP contribution is 2.20. The summed E-state index contributed by atoms with van der Waals surface area (Å²) in [5.74, 6) is -0.267. The molecule has 0 aliphatic carbocycles. The first kappa shape index (κ1) is 13.7. The van der Waals surface area contributed by atoms with Gasteiger partial charge in [-0.3, -0.25) is 4.79 Å². The number of carbonyl (C=O) groups excluding carboxylic acids is 1. The Morgan fingerprint density at radius 3 is 3.05 bits per heavy atom. The summed E-state index contributed by atoms with van der Waals surface area (Å²) in [7, 11) is 0. The SMILES string of the molecule is CCc1nc(N)sc1C(=O)N/N=C\c1sccc1C. The van der Waals surface area contributed by atoms with Crippen LogP contribution in [0.2, 0.25) is 0 Å². The van der Waals surface area contributed by atoms with E-state index in [0.29, 0.717) is 22.1 Å². The maximum absolute atomic E-state index is 11.9. The number of nitrogens with two attached hydrogens (primary N) is 1. The fourth-order valence-electron chi connectivity index (χ4n) is 1.50. The van der Waals surface area contributed by atoms with Crippen molar-refractivity contribution in [3.63, 3.8) is 0 Å². The van der Waals surface area contributed by atoms with Crippen molar-refractivity contribution in [3.05, 3.63) is 32.5 Å². The molecule has 0 saturated heterocycles. The molecule has 0 radical (unpaired) electrons. The molecule has 0 spiro atoms. The van der Waals surface area contributed by atoms with Gasteiger partial charge in [0.2, 0.25) is 0 Å². The second kappa shape index (κ2) is 5.94. The number of hydrazone groups is 1. The van der Waals surface area contributed by atoms with Gasteiger partial charge >= 0.3 is 0 Å². The predicted molar refractivity (Wildman–Crippen MR) is 80.0 cm³/mol. The lowest BCUT2D eigenvalue weighted by molar-refractivity contribution is 0.0958. The lowest BCUT2D eigenvalue weighted by Gasteiger charge is -1.98. The van der Waals surface area contributed by atoms with Gasteiger partial charge in [-0.15, -0.1) is 11.3 Å². The maximum atomic E-state index is 11.9. The average Bonchev–Trinajstić information content (AvgIpc) is 2.95. The Morgan fingerprint density at radius 1 is 1.63 bits per heavy atom. The molecule has 19 heavy (non-hydrogen) atoms. The molecule has 0 aromatic carbocycles. The minimum atomic E-state index is -0.267. The highest BCUT2D eigenvalue weighted by Gasteiger charge is 2.15. The van der Waals surface area contributed by atoms with Crippen molar-refractivity contribution < 1.29 is 4.79 Å². The monoisotopic (exact) mass is 294 g/mol. The zero-order valence-corrected chi connectivity index (χ0v) is 12.3. The van der Waals surface area contributed by atoms with E-state index in [1.807, 2.05) is 25.3 Å². The van der Waals surface area contributed by atoms with E-state index >= 15 is 0 Å². The number of aryl methyl sites for hydroxylation is 2. The number of nitrogen functional groups attached to an aromatic ring is 1. The van der Waals surface area contributed by atoms with Crippen LogP contribution in [0, 0.1) is 6.92 Å². The van der Waals surface area contributed by atoms with Crippen LogP contribution in [0.3, 0.4) is 0 Å². The number of nitrogens with one attached hydrogen (secondary N) is 1. The minimum absolute atomic E-state index is 0.267. The van der Waals surface area contributed by atoms with E-state index in [1.54, 1.807) is 17.6 Å². The quantitative estimate of drug-likeness (QED) is 0.671. The number of thiophene rings is 1. The smallest absolute Gasteiger partial charge is 0.283 e. The van der Waals surface area contributed by atoms with Crippen LogP contribution < -0.4 is 11.2 Å². The zero-order valence-electron chi connectivity index (χ0n) is 10.6. The molecular weight excluding hydrogens is 280 g/mol. The zero-order chi connectivity index (χ0) is 13.8. The first-order valence-corrected chi connectivity index (χ1v) is 7.44. The number of aromatic nitrogens is 1. The van der Waals surface area contributed by atoms with E-state index < -0.39 is 0 Å². The van der Waals surface area contributed by atoms with Crippen molar-refractivity contribution in [2.24, 2.45) is 5.10 Å². The van der Waals surface area contributed by atoms with Gasteiger partial charge in [0.25, 0.3) is 5.91 Å². The van der Waals surface area contributed by atoms with Gasteiger partial charge in [-0.1, -0.05) is 18.3 Å². The molecule has 0 saturated carbocycles. The Morgan fingerprint density at radius 2 is 2.42 bits per heavy atom. The summed E-state index contributed by atoms with van der Waals surface area (Å²) in [5, 5.41) is 6.35. The van der Waals surface area contributed by atoms with E-state index in [0.717, 1.165) is 10.4 Å². The topological polar surface area (TPSA) is 80.4 Å². The molecule has 0 fully saturated rings. The van der Waals surface area contributed by atoms with Gasteiger partial charge in [-0.25, -0.2) is 10.4 Å². The largest absolute Gasteiger partial charge is 0.375 e. The highest BCUT2D eigenvalue weighted by atomic mass is 32.1. The number of hydrogen-bond acceptors (Lipinski definition) is 6. The lowest BCUT2D eigenvalue weighted by Crippen LogP contribution is -2.17. The lowest BCUT2D eigenvalue weighted by atomic mass is 10.3. The standard InChI is InChI=1S/C12H14N4OS2/c1-3-8-10(19-12(13)15-8)11(17)16-14-6-9-7(2)4-5-18-9/h4-6H,3H2,1-2H3,(H2,13,15)(H,16,17)/b14-6-. The van der Waals surface area contributed by atoms with Crippen LogP contribution in [0.1, 0.15) is 32.7 Å². The molecular formula is C12H14N4OS2. The molecule has 2 aromatic heterocycles. The van der Waals surface area contributed by atoms with Crippen molar-refractivity contribution in [3.8, 4) is 0 Å². The number of nitrogens with zero attached hydrogens (tertiary/aromatic N) is 2. The Bertz CT molecular complexity index is 615. The summed E-state index contributed by atoms with van der Waals surface area (Å²) >= 11 is 2.76. The molecule has 100 valence electrons. The van der Waals surface area contributed by atoms with Gasteiger partial charge in [0.05, 0.1) is 11.9 Å². The Hall–Kier alpha value is -1.73. The molecule has 2 aromatic rings. The summed E-state index contributed by atoms with van der Waals surface area (Å²) in [5.41, 5.74) is 9.96. The van der Waals surface area contributed by atoms with Crippen molar-refractivity contribution >= 4 is 39.9 Å². The van der Waals surface area contributed by atoms with Crippen LogP contribution in [-0.2, 0) is 6.42 Å². The molecule has 2 rings (SSSR count). The number of amides is 1. The molecule has 0 aliphatic heterocycles.